The average molecular weight is 161 g/mol. The number of hydrogen-bond donors (Lipinski definition) is 2. The minimum absolute atomic E-state index is 0.224. The van der Waals surface area contributed by atoms with Crippen LogP contribution in [0.1, 0.15) is 18.0 Å². The summed E-state index contributed by atoms with van der Waals surface area (Å²) in [6, 6.07) is 9.09. The van der Waals surface area contributed by atoms with Gasteiger partial charge in [0.25, 0.3) is 0 Å². The van der Waals surface area contributed by atoms with Crippen LogP contribution in [-0.2, 0) is 0 Å². The van der Waals surface area contributed by atoms with Crippen molar-refractivity contribution >= 4 is 5.69 Å². The van der Waals surface area contributed by atoms with Gasteiger partial charge in [-0.25, -0.2) is 0 Å². The standard InChI is InChI=1S/C9H11N3/c10-5-4-9(12)7-2-1-3-8(11)6-7/h1-3,6,9H,4,11-12H2. The monoisotopic (exact) mass is 161 g/mol. The van der Waals surface area contributed by atoms with Gasteiger partial charge in [-0.05, 0) is 17.7 Å². The Kier molecular flexibility index (Phi) is 2.67. The highest BCUT2D eigenvalue weighted by molar-refractivity contribution is 5.41. The normalized spacial score (nSPS) is 12.0. The molecule has 1 rings (SSSR count). The van der Waals surface area contributed by atoms with Crippen molar-refractivity contribution in [2.45, 2.75) is 12.5 Å². The predicted octanol–water partition coefficient (Wildman–Crippen LogP) is 1.18. The molecule has 0 bridgehead atoms. The minimum Gasteiger partial charge on any atom is -0.399 e. The molecular formula is C9H11N3. The van der Waals surface area contributed by atoms with E-state index in [2.05, 4.69) is 0 Å². The Balaban J connectivity index is 2.82. The molecule has 1 aromatic carbocycles. The molecule has 3 nitrogen and oxygen atoms in total. The number of nitrogens with two attached hydrogens (primary N) is 2. The van der Waals surface area contributed by atoms with Gasteiger partial charge in [0, 0.05) is 11.7 Å². The van der Waals surface area contributed by atoms with Crippen LogP contribution in [0.4, 0.5) is 5.69 Å². The summed E-state index contributed by atoms with van der Waals surface area (Å²) in [7, 11) is 0. The fourth-order valence-corrected chi connectivity index (χ4v) is 1.01. The molecule has 1 atom stereocenters. The molecule has 0 fully saturated rings. The van der Waals surface area contributed by atoms with Gasteiger partial charge in [0.05, 0.1) is 12.5 Å². The Hall–Kier alpha value is -1.53. The SMILES string of the molecule is N#CCC(N)c1cccc(N)c1. The lowest BCUT2D eigenvalue weighted by Gasteiger charge is -2.07. The molecule has 12 heavy (non-hydrogen) atoms. The molecule has 3 heteroatoms. The first-order valence-corrected chi connectivity index (χ1v) is 3.72. The van der Waals surface area contributed by atoms with Gasteiger partial charge in [0.15, 0.2) is 0 Å². The molecule has 0 radical (unpaired) electrons. The zero-order valence-corrected chi connectivity index (χ0v) is 6.70. The molecule has 0 aliphatic rings. The lowest BCUT2D eigenvalue weighted by molar-refractivity contribution is 0.749. The van der Waals surface area contributed by atoms with Gasteiger partial charge in [-0.15, -0.1) is 0 Å². The quantitative estimate of drug-likeness (QED) is 0.639. The molecule has 0 aromatic heterocycles. The van der Waals surface area contributed by atoms with Crippen LogP contribution in [0.3, 0.4) is 0 Å². The minimum atomic E-state index is -0.224. The van der Waals surface area contributed by atoms with Crippen LogP contribution < -0.4 is 11.5 Å². The van der Waals surface area contributed by atoms with Gasteiger partial charge in [-0.2, -0.15) is 5.26 Å². The molecule has 0 saturated carbocycles. The number of nitriles is 1. The number of nitrogen functional groups attached to an aromatic ring is 1. The van der Waals surface area contributed by atoms with Crippen molar-refractivity contribution in [2.24, 2.45) is 5.73 Å². The first kappa shape index (κ1) is 8.57. The Bertz CT molecular complexity index is 301. The molecule has 0 heterocycles. The number of benzene rings is 1. The molecular weight excluding hydrogens is 150 g/mol. The lowest BCUT2D eigenvalue weighted by Crippen LogP contribution is -2.09. The van der Waals surface area contributed by atoms with Crippen molar-refractivity contribution in [1.82, 2.24) is 0 Å². The summed E-state index contributed by atoms with van der Waals surface area (Å²) in [5.74, 6) is 0. The molecule has 4 N–H and O–H groups in total. The third kappa shape index (κ3) is 1.97. The van der Waals surface area contributed by atoms with Gasteiger partial charge in [-0.3, -0.25) is 0 Å². The maximum absolute atomic E-state index is 8.41. The molecule has 0 spiro atoms. The maximum atomic E-state index is 8.41. The van der Waals surface area contributed by atoms with Crippen molar-refractivity contribution in [3.8, 4) is 6.07 Å². The van der Waals surface area contributed by atoms with Gasteiger partial charge in [-0.1, -0.05) is 12.1 Å². The molecule has 1 unspecified atom stereocenters. The summed E-state index contributed by atoms with van der Waals surface area (Å²) in [5.41, 5.74) is 12.8. The third-order valence-corrected chi connectivity index (χ3v) is 1.65. The van der Waals surface area contributed by atoms with Crippen molar-refractivity contribution in [3.63, 3.8) is 0 Å². The second-order valence-corrected chi connectivity index (χ2v) is 2.64. The van der Waals surface area contributed by atoms with E-state index < -0.39 is 0 Å². The summed E-state index contributed by atoms with van der Waals surface area (Å²) in [4.78, 5) is 0. The smallest absolute Gasteiger partial charge is 0.0641 e. The van der Waals surface area contributed by atoms with Crippen LogP contribution in [0, 0.1) is 11.3 Å². The number of anilines is 1. The van der Waals surface area contributed by atoms with E-state index in [-0.39, 0.29) is 6.04 Å². The second kappa shape index (κ2) is 3.74. The van der Waals surface area contributed by atoms with Gasteiger partial charge < -0.3 is 11.5 Å². The first-order chi connectivity index (χ1) is 5.74. The van der Waals surface area contributed by atoms with E-state index in [1.165, 1.54) is 0 Å². The van der Waals surface area contributed by atoms with Crippen LogP contribution in [0.2, 0.25) is 0 Å². The fourth-order valence-electron chi connectivity index (χ4n) is 1.01. The summed E-state index contributed by atoms with van der Waals surface area (Å²) in [6.45, 7) is 0. The van der Waals surface area contributed by atoms with Crippen molar-refractivity contribution < 1.29 is 0 Å². The molecule has 0 amide bonds. The molecule has 0 saturated heterocycles. The van der Waals surface area contributed by atoms with Crippen molar-refractivity contribution in [1.29, 1.82) is 5.26 Å². The third-order valence-electron chi connectivity index (χ3n) is 1.65. The largest absolute Gasteiger partial charge is 0.399 e. The van der Waals surface area contributed by atoms with E-state index in [0.717, 1.165) is 5.56 Å². The summed E-state index contributed by atoms with van der Waals surface area (Å²) < 4.78 is 0. The lowest BCUT2D eigenvalue weighted by atomic mass is 10.1. The molecule has 62 valence electrons. The summed E-state index contributed by atoms with van der Waals surface area (Å²) >= 11 is 0. The van der Waals surface area contributed by atoms with Crippen molar-refractivity contribution in [3.05, 3.63) is 29.8 Å². The topological polar surface area (TPSA) is 75.8 Å². The van der Waals surface area contributed by atoms with E-state index in [0.29, 0.717) is 12.1 Å². The summed E-state index contributed by atoms with van der Waals surface area (Å²) in [5, 5.41) is 8.41. The average Bonchev–Trinajstić information content (AvgIpc) is 2.05. The number of nitrogens with zero attached hydrogens (tertiary/aromatic N) is 1. The zero-order chi connectivity index (χ0) is 8.97. The van der Waals surface area contributed by atoms with Crippen LogP contribution in [-0.4, -0.2) is 0 Å². The van der Waals surface area contributed by atoms with E-state index in [4.69, 9.17) is 16.7 Å². The zero-order valence-electron chi connectivity index (χ0n) is 6.70. The Morgan fingerprint density at radius 2 is 2.25 bits per heavy atom. The molecule has 1 aromatic rings. The number of rotatable bonds is 2. The Morgan fingerprint density at radius 3 is 2.83 bits per heavy atom. The predicted molar refractivity (Wildman–Crippen MR) is 48.0 cm³/mol. The Morgan fingerprint density at radius 1 is 1.50 bits per heavy atom. The van der Waals surface area contributed by atoms with Crippen LogP contribution in [0.5, 0.6) is 0 Å². The highest BCUT2D eigenvalue weighted by Gasteiger charge is 2.03. The highest BCUT2D eigenvalue weighted by atomic mass is 14.6. The number of hydrogen-bond acceptors (Lipinski definition) is 3. The maximum Gasteiger partial charge on any atom is 0.0641 e. The van der Waals surface area contributed by atoms with Crippen LogP contribution in [0.15, 0.2) is 24.3 Å². The van der Waals surface area contributed by atoms with Crippen LogP contribution in [0.25, 0.3) is 0 Å². The van der Waals surface area contributed by atoms with Crippen molar-refractivity contribution in [2.75, 3.05) is 5.73 Å². The first-order valence-electron chi connectivity index (χ1n) is 3.72. The highest BCUT2D eigenvalue weighted by Crippen LogP contribution is 2.15. The molecule has 0 aliphatic carbocycles. The fraction of sp³-hybridized carbons (Fsp3) is 0.222. The van der Waals surface area contributed by atoms with Gasteiger partial charge in [0.1, 0.15) is 0 Å². The molecule has 0 aliphatic heterocycles. The van der Waals surface area contributed by atoms with Crippen LogP contribution >= 0.6 is 0 Å². The summed E-state index contributed by atoms with van der Waals surface area (Å²) in [6.07, 6.45) is 0.323. The van der Waals surface area contributed by atoms with E-state index in [1.54, 1.807) is 12.1 Å². The van der Waals surface area contributed by atoms with Gasteiger partial charge in [0.2, 0.25) is 0 Å². The van der Waals surface area contributed by atoms with Gasteiger partial charge >= 0.3 is 0 Å². The van der Waals surface area contributed by atoms with E-state index in [9.17, 15) is 0 Å². The second-order valence-electron chi connectivity index (χ2n) is 2.64. The van der Waals surface area contributed by atoms with E-state index >= 15 is 0 Å². The van der Waals surface area contributed by atoms with E-state index in [1.807, 2.05) is 18.2 Å². The Labute approximate surface area is 71.6 Å².